The molecule has 2 N–H and O–H groups in total. The van der Waals surface area contributed by atoms with Crippen molar-refractivity contribution in [2.24, 2.45) is 0 Å². The predicted octanol–water partition coefficient (Wildman–Crippen LogP) is 7.68. The zero-order valence-electron chi connectivity index (χ0n) is 24.0. The molecule has 4 aromatic rings. The number of hydrogen-bond acceptors (Lipinski definition) is 4. The number of rotatable bonds is 17. The molecule has 0 spiro atoms. The highest BCUT2D eigenvalue weighted by molar-refractivity contribution is 5.87. The number of carboxylic acid groups (broad SMARTS) is 2. The van der Waals surface area contributed by atoms with Crippen LogP contribution in [-0.2, 0) is 37.2 Å². The number of aromatic carboxylic acids is 1. The van der Waals surface area contributed by atoms with Crippen molar-refractivity contribution in [1.29, 1.82) is 0 Å². The third-order valence-corrected chi connectivity index (χ3v) is 7.35. The van der Waals surface area contributed by atoms with Crippen LogP contribution in [-0.4, -0.2) is 40.1 Å². The summed E-state index contributed by atoms with van der Waals surface area (Å²) in [6, 6.07) is 34.2. The number of ether oxygens (including phenoxy) is 1. The summed E-state index contributed by atoms with van der Waals surface area (Å²) in [7, 11) is 0. The Morgan fingerprint density at radius 3 is 1.91 bits per heavy atom. The Hall–Kier alpha value is -4.42. The lowest BCUT2D eigenvalue weighted by atomic mass is 10.0. The first-order valence-corrected chi connectivity index (χ1v) is 14.5. The molecule has 0 bridgehead atoms. The van der Waals surface area contributed by atoms with Gasteiger partial charge in [0.2, 0.25) is 0 Å². The van der Waals surface area contributed by atoms with Crippen LogP contribution in [0.2, 0.25) is 0 Å². The number of unbranched alkanes of at least 4 members (excludes halogenated alkanes) is 1. The SMILES string of the molecule is C.O=C(O)CCCCN(CCc1ccccc1OCc1ccc(CCc2ccccc2)cc1)Cc1ccc(C(=O)O)cc1. The van der Waals surface area contributed by atoms with Gasteiger partial charge in [0.05, 0.1) is 5.56 Å². The van der Waals surface area contributed by atoms with Crippen LogP contribution < -0.4 is 4.74 Å². The lowest BCUT2D eigenvalue weighted by molar-refractivity contribution is -0.137. The van der Waals surface area contributed by atoms with Gasteiger partial charge in [-0.1, -0.05) is 92.4 Å². The van der Waals surface area contributed by atoms with Gasteiger partial charge in [-0.15, -0.1) is 0 Å². The minimum Gasteiger partial charge on any atom is -0.489 e. The molecule has 0 heterocycles. The van der Waals surface area contributed by atoms with Gasteiger partial charge < -0.3 is 14.9 Å². The summed E-state index contributed by atoms with van der Waals surface area (Å²) in [5, 5.41) is 18.2. The lowest BCUT2D eigenvalue weighted by Gasteiger charge is -2.23. The summed E-state index contributed by atoms with van der Waals surface area (Å²) < 4.78 is 6.26. The largest absolute Gasteiger partial charge is 0.489 e. The molecule has 0 atom stereocenters. The van der Waals surface area contributed by atoms with Gasteiger partial charge in [-0.25, -0.2) is 4.79 Å². The highest BCUT2D eigenvalue weighted by atomic mass is 16.5. The fourth-order valence-corrected chi connectivity index (χ4v) is 4.92. The third-order valence-electron chi connectivity index (χ3n) is 7.35. The molecule has 226 valence electrons. The Balaban J connectivity index is 0.00000506. The van der Waals surface area contributed by atoms with E-state index in [1.54, 1.807) is 12.1 Å². The van der Waals surface area contributed by atoms with E-state index in [2.05, 4.69) is 59.5 Å². The van der Waals surface area contributed by atoms with Gasteiger partial charge in [0.1, 0.15) is 12.4 Å². The molecule has 4 rings (SSSR count). The molecule has 0 saturated carbocycles. The molecule has 6 nitrogen and oxygen atoms in total. The normalized spacial score (nSPS) is 10.7. The number of nitrogens with zero attached hydrogens (tertiary/aromatic N) is 1. The number of aliphatic carboxylic acids is 1. The van der Waals surface area contributed by atoms with Crippen LogP contribution >= 0.6 is 0 Å². The van der Waals surface area contributed by atoms with Gasteiger partial charge in [0.25, 0.3) is 0 Å². The van der Waals surface area contributed by atoms with Gasteiger partial charge in [0.15, 0.2) is 0 Å². The van der Waals surface area contributed by atoms with Crippen LogP contribution in [0.15, 0.2) is 103 Å². The zero-order valence-corrected chi connectivity index (χ0v) is 24.0. The van der Waals surface area contributed by atoms with Crippen LogP contribution in [0.4, 0.5) is 0 Å². The van der Waals surface area contributed by atoms with Gasteiger partial charge >= 0.3 is 11.9 Å². The molecule has 0 fully saturated rings. The first kappa shape index (κ1) is 33.1. The molecule has 0 aromatic heterocycles. The summed E-state index contributed by atoms with van der Waals surface area (Å²) in [6.07, 6.45) is 4.36. The van der Waals surface area contributed by atoms with E-state index in [0.29, 0.717) is 19.6 Å². The highest BCUT2D eigenvalue weighted by Crippen LogP contribution is 2.21. The van der Waals surface area contributed by atoms with Crippen molar-refractivity contribution in [2.75, 3.05) is 13.1 Å². The minimum atomic E-state index is -0.942. The standard InChI is InChI=1S/C36H39NO5.CH4/c38-35(39)12-6-7-24-37(26-30-19-21-33(22-20-30)36(40)41)25-23-32-10-4-5-11-34(32)42-27-31-17-15-29(16-18-31)14-13-28-8-2-1-3-9-28;/h1-5,8-11,15-22H,6-7,12-14,23-27H2,(H,38,39)(H,40,41);1H4. The molecule has 4 aromatic carbocycles. The molecule has 0 saturated heterocycles. The minimum absolute atomic E-state index is 0. The van der Waals surface area contributed by atoms with E-state index in [1.807, 2.05) is 36.4 Å². The summed E-state index contributed by atoms with van der Waals surface area (Å²) >= 11 is 0. The van der Waals surface area contributed by atoms with E-state index in [9.17, 15) is 14.7 Å². The van der Waals surface area contributed by atoms with Crippen LogP contribution in [0.25, 0.3) is 0 Å². The van der Waals surface area contributed by atoms with E-state index in [-0.39, 0.29) is 19.4 Å². The van der Waals surface area contributed by atoms with Gasteiger partial charge in [0, 0.05) is 19.5 Å². The molecule has 0 unspecified atom stereocenters. The monoisotopic (exact) mass is 581 g/mol. The molecule has 0 aliphatic heterocycles. The van der Waals surface area contributed by atoms with Crippen molar-refractivity contribution in [1.82, 2.24) is 4.90 Å². The van der Waals surface area contributed by atoms with Crippen molar-refractivity contribution in [3.05, 3.63) is 137 Å². The summed E-state index contributed by atoms with van der Waals surface area (Å²) in [6.45, 7) is 2.68. The van der Waals surface area contributed by atoms with Crippen molar-refractivity contribution in [3.8, 4) is 5.75 Å². The Bertz CT molecular complexity index is 1400. The molecule has 6 heteroatoms. The van der Waals surface area contributed by atoms with Gasteiger partial charge in [-0.2, -0.15) is 0 Å². The van der Waals surface area contributed by atoms with Crippen molar-refractivity contribution in [3.63, 3.8) is 0 Å². The maximum Gasteiger partial charge on any atom is 0.335 e. The number of carbonyl (C=O) groups is 2. The molecule has 0 aliphatic carbocycles. The molecule has 43 heavy (non-hydrogen) atoms. The predicted molar refractivity (Wildman–Crippen MR) is 172 cm³/mol. The second-order valence-electron chi connectivity index (χ2n) is 10.6. The van der Waals surface area contributed by atoms with Gasteiger partial charge in [-0.3, -0.25) is 9.69 Å². The zero-order chi connectivity index (χ0) is 29.6. The van der Waals surface area contributed by atoms with E-state index in [4.69, 9.17) is 9.84 Å². The summed E-state index contributed by atoms with van der Waals surface area (Å²) in [4.78, 5) is 24.5. The average molecular weight is 582 g/mol. The molecule has 0 radical (unpaired) electrons. The van der Waals surface area contributed by atoms with Crippen LogP contribution in [0, 0.1) is 0 Å². The molecule has 0 aliphatic rings. The van der Waals surface area contributed by atoms with E-state index < -0.39 is 11.9 Å². The van der Waals surface area contributed by atoms with Gasteiger partial charge in [-0.05, 0) is 84.7 Å². The first-order chi connectivity index (χ1) is 20.5. The second kappa shape index (κ2) is 17.5. The Morgan fingerprint density at radius 2 is 1.23 bits per heavy atom. The second-order valence-corrected chi connectivity index (χ2v) is 10.6. The Morgan fingerprint density at radius 1 is 0.628 bits per heavy atom. The van der Waals surface area contributed by atoms with E-state index in [0.717, 1.165) is 61.2 Å². The number of hydrogen-bond donors (Lipinski definition) is 2. The number of carboxylic acids is 2. The van der Waals surface area contributed by atoms with Crippen molar-refractivity contribution >= 4 is 11.9 Å². The van der Waals surface area contributed by atoms with Crippen LogP contribution in [0.3, 0.4) is 0 Å². The lowest BCUT2D eigenvalue weighted by Crippen LogP contribution is -2.27. The van der Waals surface area contributed by atoms with E-state index in [1.165, 1.54) is 11.1 Å². The molecule has 0 amide bonds. The third kappa shape index (κ3) is 11.4. The summed E-state index contributed by atoms with van der Waals surface area (Å²) in [5.41, 5.74) is 6.18. The van der Waals surface area contributed by atoms with Crippen LogP contribution in [0.5, 0.6) is 5.75 Å². The Kier molecular flexibility index (Phi) is 13.5. The maximum absolute atomic E-state index is 11.2. The van der Waals surface area contributed by atoms with Crippen LogP contribution in [0.1, 0.15) is 64.9 Å². The smallest absolute Gasteiger partial charge is 0.335 e. The molecular formula is C37H43NO5. The maximum atomic E-state index is 11.2. The average Bonchev–Trinajstić information content (AvgIpc) is 3.01. The number of benzene rings is 4. The highest BCUT2D eigenvalue weighted by Gasteiger charge is 2.11. The van der Waals surface area contributed by atoms with Crippen molar-refractivity contribution in [2.45, 2.75) is 59.1 Å². The quantitative estimate of drug-likeness (QED) is 0.124. The Labute approximate surface area is 255 Å². The topological polar surface area (TPSA) is 87.1 Å². The van der Waals surface area contributed by atoms with E-state index >= 15 is 0 Å². The number of aryl methyl sites for hydroxylation is 2. The number of para-hydroxylation sites is 1. The fraction of sp³-hybridized carbons (Fsp3) is 0.297. The molecular weight excluding hydrogens is 538 g/mol. The fourth-order valence-electron chi connectivity index (χ4n) is 4.92. The first-order valence-electron chi connectivity index (χ1n) is 14.5. The summed E-state index contributed by atoms with van der Waals surface area (Å²) in [5.74, 6) is -0.858. The van der Waals surface area contributed by atoms with Crippen molar-refractivity contribution < 1.29 is 24.5 Å².